The zero-order chi connectivity index (χ0) is 19.2. The lowest BCUT2D eigenvalue weighted by Crippen LogP contribution is -2.26. The molecule has 2 N–H and O–H groups in total. The summed E-state index contributed by atoms with van der Waals surface area (Å²) in [6, 6.07) is 8.32. The minimum absolute atomic E-state index is 0.0554. The van der Waals surface area contributed by atoms with Crippen molar-refractivity contribution in [3.8, 4) is 0 Å². The van der Waals surface area contributed by atoms with Gasteiger partial charge < -0.3 is 10.1 Å². The molecule has 0 spiro atoms. The van der Waals surface area contributed by atoms with Gasteiger partial charge in [0.25, 0.3) is 5.91 Å². The molecule has 0 saturated heterocycles. The number of carbonyl (C=O) groups is 1. The van der Waals surface area contributed by atoms with Crippen LogP contribution in [0.2, 0.25) is 0 Å². The molecule has 2 aromatic rings. The molecule has 26 heavy (non-hydrogen) atoms. The minimum atomic E-state index is -3.78. The van der Waals surface area contributed by atoms with Crippen molar-refractivity contribution < 1.29 is 26.7 Å². The molecule has 6 nitrogen and oxygen atoms in total. The predicted molar refractivity (Wildman–Crippen MR) is 92.4 cm³/mol. The SMILES string of the molecule is COCCCNS(=O)(=O)c1cccc(C(=O)Nc2ccc(F)c(F)c2)c1. The van der Waals surface area contributed by atoms with Gasteiger partial charge in [0.1, 0.15) is 0 Å². The summed E-state index contributed by atoms with van der Waals surface area (Å²) in [5.74, 6) is -2.78. The normalized spacial score (nSPS) is 11.3. The Kier molecular flexibility index (Phi) is 6.78. The van der Waals surface area contributed by atoms with E-state index in [1.807, 2.05) is 0 Å². The molecule has 0 unspecified atom stereocenters. The molecule has 9 heteroatoms. The second-order valence-corrected chi connectivity index (χ2v) is 7.12. The largest absolute Gasteiger partial charge is 0.385 e. The number of rotatable bonds is 8. The van der Waals surface area contributed by atoms with E-state index in [-0.39, 0.29) is 22.7 Å². The molecule has 0 radical (unpaired) electrons. The van der Waals surface area contributed by atoms with E-state index in [1.54, 1.807) is 0 Å². The van der Waals surface area contributed by atoms with Crippen LogP contribution in [0.3, 0.4) is 0 Å². The minimum Gasteiger partial charge on any atom is -0.385 e. The molecule has 0 aromatic heterocycles. The summed E-state index contributed by atoms with van der Waals surface area (Å²) in [4.78, 5) is 12.2. The van der Waals surface area contributed by atoms with Crippen LogP contribution in [-0.2, 0) is 14.8 Å². The lowest BCUT2D eigenvalue weighted by Gasteiger charge is -2.09. The van der Waals surface area contributed by atoms with E-state index in [4.69, 9.17) is 4.74 Å². The van der Waals surface area contributed by atoms with E-state index in [0.717, 1.165) is 12.1 Å². The topological polar surface area (TPSA) is 84.5 Å². The fourth-order valence-corrected chi connectivity index (χ4v) is 3.21. The van der Waals surface area contributed by atoms with Gasteiger partial charge in [0.05, 0.1) is 4.90 Å². The quantitative estimate of drug-likeness (QED) is 0.685. The first kappa shape index (κ1) is 20.0. The number of methoxy groups -OCH3 is 1. The summed E-state index contributed by atoms with van der Waals surface area (Å²) in [6.45, 7) is 0.612. The molecule has 0 atom stereocenters. The van der Waals surface area contributed by atoms with Crippen LogP contribution in [0.1, 0.15) is 16.8 Å². The van der Waals surface area contributed by atoms with E-state index in [9.17, 15) is 22.0 Å². The van der Waals surface area contributed by atoms with Crippen molar-refractivity contribution in [1.29, 1.82) is 0 Å². The van der Waals surface area contributed by atoms with Crippen LogP contribution >= 0.6 is 0 Å². The van der Waals surface area contributed by atoms with Crippen LogP contribution in [0.5, 0.6) is 0 Å². The third kappa shape index (κ3) is 5.32. The number of benzene rings is 2. The number of ether oxygens (including phenoxy) is 1. The van der Waals surface area contributed by atoms with Crippen molar-refractivity contribution in [2.45, 2.75) is 11.3 Å². The number of carbonyl (C=O) groups excluding carboxylic acids is 1. The number of nitrogens with one attached hydrogen (secondary N) is 2. The van der Waals surface area contributed by atoms with Gasteiger partial charge in [0, 0.05) is 37.6 Å². The number of anilines is 1. The monoisotopic (exact) mass is 384 g/mol. The maximum atomic E-state index is 13.2. The van der Waals surface area contributed by atoms with Crippen molar-refractivity contribution >= 4 is 21.6 Å². The number of hydrogen-bond donors (Lipinski definition) is 2. The summed E-state index contributed by atoms with van der Waals surface area (Å²) in [5, 5.41) is 2.39. The summed E-state index contributed by atoms with van der Waals surface area (Å²) < 4.78 is 57.9. The fourth-order valence-electron chi connectivity index (χ4n) is 2.09. The van der Waals surface area contributed by atoms with Gasteiger partial charge in [-0.1, -0.05) is 6.07 Å². The van der Waals surface area contributed by atoms with Crippen LogP contribution in [-0.4, -0.2) is 34.6 Å². The molecule has 0 saturated carbocycles. The molecule has 0 bridgehead atoms. The Balaban J connectivity index is 2.12. The van der Waals surface area contributed by atoms with Gasteiger partial charge in [0.2, 0.25) is 10.0 Å². The summed E-state index contributed by atoms with van der Waals surface area (Å²) in [7, 11) is -2.26. The van der Waals surface area contributed by atoms with E-state index >= 15 is 0 Å². The molecular formula is C17H18F2N2O4S. The van der Waals surface area contributed by atoms with Crippen molar-refractivity contribution in [2.75, 3.05) is 25.6 Å². The van der Waals surface area contributed by atoms with Crippen molar-refractivity contribution in [3.63, 3.8) is 0 Å². The zero-order valence-electron chi connectivity index (χ0n) is 14.0. The number of hydrogen-bond acceptors (Lipinski definition) is 4. The maximum absolute atomic E-state index is 13.2. The smallest absolute Gasteiger partial charge is 0.255 e. The first-order valence-electron chi connectivity index (χ1n) is 7.68. The van der Waals surface area contributed by atoms with Crippen molar-refractivity contribution in [3.05, 3.63) is 59.7 Å². The Labute approximate surface area is 150 Å². The second-order valence-electron chi connectivity index (χ2n) is 5.35. The molecule has 140 valence electrons. The highest BCUT2D eigenvalue weighted by molar-refractivity contribution is 7.89. The van der Waals surface area contributed by atoms with Gasteiger partial charge >= 0.3 is 0 Å². The summed E-state index contributed by atoms with van der Waals surface area (Å²) in [6.07, 6.45) is 0.506. The lowest BCUT2D eigenvalue weighted by molar-refractivity contribution is 0.102. The fraction of sp³-hybridized carbons (Fsp3) is 0.235. The highest BCUT2D eigenvalue weighted by atomic mass is 32.2. The molecular weight excluding hydrogens is 366 g/mol. The van der Waals surface area contributed by atoms with E-state index in [2.05, 4.69) is 10.0 Å². The summed E-state index contributed by atoms with van der Waals surface area (Å²) in [5.41, 5.74) is 0.120. The van der Waals surface area contributed by atoms with Gasteiger partial charge in [0.15, 0.2) is 11.6 Å². The van der Waals surface area contributed by atoms with Gasteiger partial charge in [-0.25, -0.2) is 21.9 Å². The van der Waals surface area contributed by atoms with Crippen molar-refractivity contribution in [1.82, 2.24) is 4.72 Å². The molecule has 0 aliphatic rings. The Hall–Kier alpha value is -2.36. The lowest BCUT2D eigenvalue weighted by atomic mass is 10.2. The molecule has 1 amide bonds. The first-order valence-corrected chi connectivity index (χ1v) is 9.17. The van der Waals surface area contributed by atoms with E-state index in [1.165, 1.54) is 37.4 Å². The molecule has 0 aliphatic heterocycles. The number of sulfonamides is 1. The second kappa shape index (κ2) is 8.84. The van der Waals surface area contributed by atoms with Crippen LogP contribution in [0.4, 0.5) is 14.5 Å². The van der Waals surface area contributed by atoms with Crippen LogP contribution in [0.15, 0.2) is 47.4 Å². The molecule has 0 heterocycles. The average molecular weight is 384 g/mol. The van der Waals surface area contributed by atoms with Gasteiger partial charge in [-0.2, -0.15) is 0 Å². The Morgan fingerprint density at radius 3 is 2.58 bits per heavy atom. The Bertz CT molecular complexity index is 888. The first-order chi connectivity index (χ1) is 12.3. The van der Waals surface area contributed by atoms with Crippen LogP contribution in [0.25, 0.3) is 0 Å². The standard InChI is InChI=1S/C17H18F2N2O4S/c1-25-9-3-8-20-26(23,24)14-5-2-4-12(10-14)17(22)21-13-6-7-15(18)16(19)11-13/h2,4-7,10-11,20H,3,8-9H2,1H3,(H,21,22). The molecule has 0 fully saturated rings. The van der Waals surface area contributed by atoms with Gasteiger partial charge in [-0.3, -0.25) is 4.79 Å². The van der Waals surface area contributed by atoms with E-state index in [0.29, 0.717) is 13.0 Å². The van der Waals surface area contributed by atoms with E-state index < -0.39 is 27.6 Å². The van der Waals surface area contributed by atoms with Crippen LogP contribution < -0.4 is 10.0 Å². The third-order valence-electron chi connectivity index (χ3n) is 3.40. The Morgan fingerprint density at radius 1 is 1.12 bits per heavy atom. The average Bonchev–Trinajstić information content (AvgIpc) is 2.62. The Morgan fingerprint density at radius 2 is 1.88 bits per heavy atom. The number of amides is 1. The third-order valence-corrected chi connectivity index (χ3v) is 4.86. The predicted octanol–water partition coefficient (Wildman–Crippen LogP) is 2.53. The molecule has 2 aromatic carbocycles. The zero-order valence-corrected chi connectivity index (χ0v) is 14.8. The molecule has 0 aliphatic carbocycles. The van der Waals surface area contributed by atoms with Gasteiger partial charge in [-0.05, 0) is 36.8 Å². The van der Waals surface area contributed by atoms with Crippen LogP contribution in [0, 0.1) is 11.6 Å². The maximum Gasteiger partial charge on any atom is 0.255 e. The number of halogens is 2. The highest BCUT2D eigenvalue weighted by Gasteiger charge is 2.16. The van der Waals surface area contributed by atoms with Crippen molar-refractivity contribution in [2.24, 2.45) is 0 Å². The molecule has 2 rings (SSSR count). The summed E-state index contributed by atoms with van der Waals surface area (Å²) >= 11 is 0. The highest BCUT2D eigenvalue weighted by Crippen LogP contribution is 2.16. The van der Waals surface area contributed by atoms with Gasteiger partial charge in [-0.15, -0.1) is 0 Å².